The number of ether oxygens (including phenoxy) is 1. The smallest absolute Gasteiger partial charge is 0.228 e. The minimum Gasteiger partial charge on any atom is -0.492 e. The quantitative estimate of drug-likeness (QED) is 0.904. The van der Waals surface area contributed by atoms with Crippen LogP contribution in [0.2, 0.25) is 0 Å². The van der Waals surface area contributed by atoms with Crippen LogP contribution >= 0.6 is 0 Å². The average molecular weight is 283 g/mol. The zero-order chi connectivity index (χ0) is 15.2. The van der Waals surface area contributed by atoms with Crippen LogP contribution in [0, 0.1) is 13.8 Å². The molecule has 110 valence electrons. The molecule has 0 saturated heterocycles. The molecule has 0 aromatic heterocycles. The van der Waals surface area contributed by atoms with E-state index in [1.807, 2.05) is 63.2 Å². The van der Waals surface area contributed by atoms with Crippen LogP contribution in [-0.2, 0) is 11.2 Å². The van der Waals surface area contributed by atoms with Gasteiger partial charge in [0, 0.05) is 0 Å². The lowest BCUT2D eigenvalue weighted by atomic mass is 10.1. The molecule has 0 atom stereocenters. The molecule has 0 bridgehead atoms. The summed E-state index contributed by atoms with van der Waals surface area (Å²) in [6.45, 7) is 6.54. The first-order chi connectivity index (χ1) is 10.1. The zero-order valence-electron chi connectivity index (χ0n) is 12.8. The number of benzene rings is 2. The van der Waals surface area contributed by atoms with Gasteiger partial charge in [-0.3, -0.25) is 4.79 Å². The van der Waals surface area contributed by atoms with Gasteiger partial charge in [0.15, 0.2) is 0 Å². The van der Waals surface area contributed by atoms with E-state index in [0.29, 0.717) is 13.0 Å². The van der Waals surface area contributed by atoms with Gasteiger partial charge in [-0.25, -0.2) is 0 Å². The molecule has 0 unspecified atom stereocenters. The molecule has 0 radical (unpaired) electrons. The summed E-state index contributed by atoms with van der Waals surface area (Å²) in [4.78, 5) is 12.1. The van der Waals surface area contributed by atoms with E-state index in [9.17, 15) is 4.79 Å². The number of aryl methyl sites for hydroxylation is 2. The monoisotopic (exact) mass is 283 g/mol. The number of amides is 1. The van der Waals surface area contributed by atoms with E-state index in [2.05, 4.69) is 5.32 Å². The maximum Gasteiger partial charge on any atom is 0.228 e. The van der Waals surface area contributed by atoms with E-state index in [-0.39, 0.29) is 5.91 Å². The van der Waals surface area contributed by atoms with E-state index in [0.717, 1.165) is 22.6 Å². The molecule has 1 N–H and O–H groups in total. The predicted molar refractivity (Wildman–Crippen MR) is 85.9 cm³/mol. The van der Waals surface area contributed by atoms with Crippen molar-refractivity contribution in [2.75, 3.05) is 11.9 Å². The van der Waals surface area contributed by atoms with E-state index in [1.54, 1.807) is 0 Å². The van der Waals surface area contributed by atoms with Crippen molar-refractivity contribution >= 4 is 11.6 Å². The topological polar surface area (TPSA) is 38.3 Å². The molecule has 0 aliphatic carbocycles. The average Bonchev–Trinajstić information content (AvgIpc) is 2.45. The van der Waals surface area contributed by atoms with Crippen LogP contribution in [-0.4, -0.2) is 12.5 Å². The summed E-state index contributed by atoms with van der Waals surface area (Å²) in [7, 11) is 0. The molecule has 1 amide bonds. The highest BCUT2D eigenvalue weighted by Gasteiger charge is 2.09. The maximum absolute atomic E-state index is 12.1. The van der Waals surface area contributed by atoms with Crippen LogP contribution in [0.3, 0.4) is 0 Å². The van der Waals surface area contributed by atoms with Crippen molar-refractivity contribution in [1.82, 2.24) is 0 Å². The lowest BCUT2D eigenvalue weighted by Gasteiger charge is -2.12. The highest BCUT2D eigenvalue weighted by molar-refractivity contribution is 5.93. The summed E-state index contributed by atoms with van der Waals surface area (Å²) in [5.74, 6) is 0.679. The summed E-state index contributed by atoms with van der Waals surface area (Å²) in [6, 6.07) is 13.8. The van der Waals surface area contributed by atoms with Gasteiger partial charge in [0.1, 0.15) is 5.75 Å². The first kappa shape index (κ1) is 15.1. The first-order valence-electron chi connectivity index (χ1n) is 7.17. The molecule has 2 rings (SSSR count). The van der Waals surface area contributed by atoms with E-state index in [4.69, 9.17) is 4.74 Å². The third kappa shape index (κ3) is 4.35. The second-order valence-electron chi connectivity index (χ2n) is 5.14. The number of rotatable bonds is 5. The van der Waals surface area contributed by atoms with Gasteiger partial charge >= 0.3 is 0 Å². The van der Waals surface area contributed by atoms with Gasteiger partial charge in [-0.1, -0.05) is 35.9 Å². The van der Waals surface area contributed by atoms with Crippen LogP contribution < -0.4 is 10.1 Å². The number of anilines is 1. The van der Waals surface area contributed by atoms with Crippen LogP contribution in [0.1, 0.15) is 23.6 Å². The molecule has 0 spiro atoms. The Morgan fingerprint density at radius 3 is 2.38 bits per heavy atom. The van der Waals surface area contributed by atoms with E-state index < -0.39 is 0 Å². The van der Waals surface area contributed by atoms with Crippen molar-refractivity contribution in [3.05, 3.63) is 59.2 Å². The molecule has 21 heavy (non-hydrogen) atoms. The fraction of sp³-hybridized carbons (Fsp3) is 0.278. The Morgan fingerprint density at radius 1 is 1.05 bits per heavy atom. The lowest BCUT2D eigenvalue weighted by molar-refractivity contribution is -0.115. The standard InChI is InChI=1S/C18H21NO2/c1-4-21-17-11-14(3)7-10-16(17)19-18(20)12-15-8-5-13(2)6-9-15/h5-11H,4,12H2,1-3H3,(H,19,20). The van der Waals surface area contributed by atoms with E-state index in [1.165, 1.54) is 5.56 Å². The van der Waals surface area contributed by atoms with Gasteiger partial charge in [-0.05, 0) is 44.0 Å². The molecule has 2 aromatic carbocycles. The molecule has 0 fully saturated rings. The summed E-state index contributed by atoms with van der Waals surface area (Å²) in [5, 5.41) is 2.92. The number of carbonyl (C=O) groups excluding carboxylic acids is 1. The molecule has 3 heteroatoms. The van der Waals surface area contributed by atoms with Crippen LogP contribution in [0.15, 0.2) is 42.5 Å². The Balaban J connectivity index is 2.07. The summed E-state index contributed by atoms with van der Waals surface area (Å²) >= 11 is 0. The van der Waals surface area contributed by atoms with Gasteiger partial charge in [0.2, 0.25) is 5.91 Å². The second-order valence-corrected chi connectivity index (χ2v) is 5.14. The molecule has 0 heterocycles. The highest BCUT2D eigenvalue weighted by Crippen LogP contribution is 2.25. The minimum absolute atomic E-state index is 0.0383. The number of nitrogens with one attached hydrogen (secondary N) is 1. The third-order valence-electron chi connectivity index (χ3n) is 3.20. The van der Waals surface area contributed by atoms with Gasteiger partial charge in [-0.15, -0.1) is 0 Å². The SMILES string of the molecule is CCOc1cc(C)ccc1NC(=O)Cc1ccc(C)cc1. The van der Waals surface area contributed by atoms with Crippen molar-refractivity contribution in [2.24, 2.45) is 0 Å². The summed E-state index contributed by atoms with van der Waals surface area (Å²) in [5.41, 5.74) is 4.02. The predicted octanol–water partition coefficient (Wildman–Crippen LogP) is 3.88. The van der Waals surface area contributed by atoms with Crippen LogP contribution in [0.25, 0.3) is 0 Å². The van der Waals surface area contributed by atoms with Crippen molar-refractivity contribution in [2.45, 2.75) is 27.2 Å². The molecular formula is C18H21NO2. The molecule has 3 nitrogen and oxygen atoms in total. The number of hydrogen-bond acceptors (Lipinski definition) is 2. The van der Waals surface area contributed by atoms with Gasteiger partial charge in [-0.2, -0.15) is 0 Å². The van der Waals surface area contributed by atoms with Crippen molar-refractivity contribution in [3.63, 3.8) is 0 Å². The Kier molecular flexibility index (Phi) is 4.99. The van der Waals surface area contributed by atoms with Gasteiger partial charge in [0.25, 0.3) is 0 Å². The van der Waals surface area contributed by atoms with Crippen LogP contribution in [0.4, 0.5) is 5.69 Å². The Hall–Kier alpha value is -2.29. The van der Waals surface area contributed by atoms with Crippen molar-refractivity contribution in [1.29, 1.82) is 0 Å². The minimum atomic E-state index is -0.0383. The lowest BCUT2D eigenvalue weighted by Crippen LogP contribution is -2.15. The fourth-order valence-electron chi connectivity index (χ4n) is 2.09. The normalized spacial score (nSPS) is 10.2. The summed E-state index contributed by atoms with van der Waals surface area (Å²) < 4.78 is 5.57. The largest absolute Gasteiger partial charge is 0.492 e. The Morgan fingerprint density at radius 2 is 1.71 bits per heavy atom. The molecule has 0 saturated carbocycles. The molecular weight excluding hydrogens is 262 g/mol. The van der Waals surface area contributed by atoms with Crippen LogP contribution in [0.5, 0.6) is 5.75 Å². The van der Waals surface area contributed by atoms with Gasteiger partial charge < -0.3 is 10.1 Å². The van der Waals surface area contributed by atoms with Crippen molar-refractivity contribution in [3.8, 4) is 5.75 Å². The first-order valence-corrected chi connectivity index (χ1v) is 7.17. The zero-order valence-corrected chi connectivity index (χ0v) is 12.8. The molecule has 0 aliphatic rings. The van der Waals surface area contributed by atoms with Gasteiger partial charge in [0.05, 0.1) is 18.7 Å². The highest BCUT2D eigenvalue weighted by atomic mass is 16.5. The molecule has 0 aliphatic heterocycles. The molecule has 2 aromatic rings. The van der Waals surface area contributed by atoms with Crippen molar-refractivity contribution < 1.29 is 9.53 Å². The fourth-order valence-corrected chi connectivity index (χ4v) is 2.09. The number of hydrogen-bond donors (Lipinski definition) is 1. The summed E-state index contributed by atoms with van der Waals surface area (Å²) in [6.07, 6.45) is 0.361. The maximum atomic E-state index is 12.1. The van der Waals surface area contributed by atoms with E-state index >= 15 is 0 Å². The third-order valence-corrected chi connectivity index (χ3v) is 3.20. The Labute approximate surface area is 126 Å². The second kappa shape index (κ2) is 6.93. The number of carbonyl (C=O) groups is 1. The Bertz CT molecular complexity index is 618.